The fraction of sp³-hybridized carbons (Fsp3) is 0.889. The Kier molecular flexibility index (Phi) is 61.2. The molecule has 92 heavy (non-hydrogen) atoms. The maximum absolute atomic E-state index is 11.0. The van der Waals surface area contributed by atoms with Crippen LogP contribution in [0.2, 0.25) is 0 Å². The second-order valence-corrected chi connectivity index (χ2v) is 29.1. The molecule has 4 radical (unpaired) electrons. The van der Waals surface area contributed by atoms with E-state index in [9.17, 15) is 28.8 Å². The van der Waals surface area contributed by atoms with Gasteiger partial charge in [-0.15, -0.1) is 0 Å². The zero-order valence-corrected chi connectivity index (χ0v) is 72.2. The smallest absolute Gasteiger partial charge is 0.219 e. The van der Waals surface area contributed by atoms with Crippen LogP contribution < -0.4 is 16.4 Å². The minimum Gasteiger partial charge on any atom is -0.542 e. The number of nitrogens with zero attached hydrogens (tertiary/aromatic N) is 10. The van der Waals surface area contributed by atoms with Crippen molar-refractivity contribution in [2.75, 3.05) is 171 Å². The average molecular weight is 1730 g/mol. The van der Waals surface area contributed by atoms with Gasteiger partial charge in [0, 0.05) is 231 Å². The number of likely N-dealkylation sites (N-methyl/N-ethyl adjacent to an activating group) is 1. The molecule has 4 amide bonds. The first kappa shape index (κ1) is 93.1. The first-order valence-corrected chi connectivity index (χ1v) is 33.2. The summed E-state index contributed by atoms with van der Waals surface area (Å²) >= 11 is 0. The van der Waals surface area contributed by atoms with E-state index in [0.717, 1.165) is 119 Å². The molecule has 12 aliphatic rings. The number of amides is 4. The summed E-state index contributed by atoms with van der Waals surface area (Å²) in [6.45, 7) is 32.0. The van der Waals surface area contributed by atoms with E-state index in [4.69, 9.17) is 28.3 Å². The zero-order valence-electron chi connectivity index (χ0n) is 66.8. The number of nitrogens with one attached hydrogen (secondary N) is 2. The van der Waals surface area contributed by atoms with Crippen LogP contribution in [-0.2, 0) is 164 Å². The van der Waals surface area contributed by atoms with Crippen LogP contribution in [0.5, 0.6) is 0 Å². The third-order valence-electron chi connectivity index (χ3n) is 17.6. The monoisotopic (exact) mass is 1720 g/mol. The van der Waals surface area contributed by atoms with Gasteiger partial charge in [-0.2, -0.15) is 36.1 Å². The molecule has 0 saturated carbocycles. The Bertz CT molecular complexity index is 1950. The summed E-state index contributed by atoms with van der Waals surface area (Å²) in [5.74, 6) is 9.19. The van der Waals surface area contributed by atoms with Crippen molar-refractivity contribution in [3.63, 3.8) is 0 Å². The molecule has 11 unspecified atom stereocenters. The molecule has 0 aromatic heterocycles. The topological polar surface area (TPSA) is 202 Å². The summed E-state index contributed by atoms with van der Waals surface area (Å²) < 4.78 is 68.8. The van der Waals surface area contributed by atoms with Gasteiger partial charge >= 0.3 is 0 Å². The van der Waals surface area contributed by atoms with E-state index in [2.05, 4.69) is 86.1 Å². The van der Waals surface area contributed by atoms with Crippen molar-refractivity contribution in [2.45, 2.75) is 134 Å². The van der Waals surface area contributed by atoms with Gasteiger partial charge in [-0.3, -0.25) is 34.6 Å². The summed E-state index contributed by atoms with van der Waals surface area (Å²) in [6, 6.07) is 0.449. The standard InChI is InChI=1S/C11H17N2O2.C9H16N2OP.C9H15N2O.C9H19N2P.C8H17N2P.C5H12N2.C3H6NOP.C3H6O.C2H3O.4CH4.H3P.4Y.9H2/c1-9(15)13-6-11(7-13)4-10-2-3-12(5-10)8-14;12-7-10-2-1-8(4-10)3-9-5-11(13)6-9;12-7-11-2-1-8(6-11)3-9-4-10-5-9;1-10-3-2-8(5-10)4-9-6-11(12)7-9;11-10-5-8(6-10)3-7-1-2-9-4-7;1-7-3-2-5(6)4-7;5-3-1-4(6)2-3;1-3(2)4;1-2-3;;;;;;;;;;;;;;;;;;/h10-11H,2-7H2,1H3;8-9H,1-6,13H2;8-10H,1-6H2;8-9H,2-7,12H2,1H3;7-9H,1-6,11H2;5H,2-4,6H2,1H3;1-2,6H2;1-2H3;1H3;4*1H4;1H3;;;;;9*1H/q3*-1;;;;;;-1;;;;;;;;;;;;;;;;;;/i;;;;;;;;;;;;;;;;;;6*1+1D;3*1+1. The van der Waals surface area contributed by atoms with E-state index in [0.29, 0.717) is 36.8 Å². The third kappa shape index (κ3) is 45.9. The minimum atomic E-state index is 0. The summed E-state index contributed by atoms with van der Waals surface area (Å²) in [7, 11) is 15.1. The van der Waals surface area contributed by atoms with Gasteiger partial charge in [-0.1, -0.05) is 67.3 Å². The Labute approximate surface area is 698 Å². The second-order valence-electron chi connectivity index (χ2n) is 26.2. The van der Waals surface area contributed by atoms with Crippen LogP contribution in [-0.4, -0.2) is 268 Å². The molecule has 0 spiro atoms. The quantitative estimate of drug-likeness (QED) is 0.122. The van der Waals surface area contributed by atoms with E-state index in [1.54, 1.807) is 21.6 Å². The number of Topliss-reactive ketones (excluding diaryl/α,β-unsaturated/α-hetero) is 2. The van der Waals surface area contributed by atoms with E-state index in [-0.39, 0.29) is 186 Å². The van der Waals surface area contributed by atoms with Crippen molar-refractivity contribution < 1.29 is 186 Å². The molecule has 12 rings (SSSR count). The number of likely N-dealkylation sites (tertiary alicyclic amines) is 6. The summed E-state index contributed by atoms with van der Waals surface area (Å²) in [6.07, 6.45) is 21.6. The number of hydrogen-bond acceptors (Lipinski definition) is 16. The van der Waals surface area contributed by atoms with E-state index in [1.807, 2.05) is 28.8 Å². The van der Waals surface area contributed by atoms with E-state index < -0.39 is 0 Å². The SMILES string of the molecule is C.C.C.C.CC(=O)N1CC(CC2CCN([C-]=O)C2)C1.CC(C)=O.CN1CCC(CC2CN(P)C2)C1.CN1CCC(N)C1.C[C-]=O.O=C1CN(P)C1.O=[C-]N1CCC(CC2CN(P)C2)C1.O=[C-]N1CCC(CC2CNC2)C1.P.PN1CC(CC2CCNC2)C1.[2HH].[2HH].[2HH].[2H][2H].[2H][2H].[2H][2H].[2H][2H].[2H][2H].[2H][2H].[Y].[Y].[Y].[Y]. The van der Waals surface area contributed by atoms with Crippen LogP contribution in [0.25, 0.3) is 0 Å². The van der Waals surface area contributed by atoms with E-state index in [1.165, 1.54) is 170 Å². The first-order chi connectivity index (χ1) is 45.6. The van der Waals surface area contributed by atoms with Crippen LogP contribution in [0.15, 0.2) is 0 Å². The molecule has 548 valence electrons. The molecule has 0 bridgehead atoms. The summed E-state index contributed by atoms with van der Waals surface area (Å²) in [5, 5.41) is 6.69. The van der Waals surface area contributed by atoms with Crippen LogP contribution in [0, 0.1) is 59.2 Å². The van der Waals surface area contributed by atoms with Crippen LogP contribution >= 0.6 is 47.5 Å². The molecular formula is C63H148N13O7P5Y4-4. The van der Waals surface area contributed by atoms with Crippen LogP contribution in [0.3, 0.4) is 0 Å². The van der Waals surface area contributed by atoms with Gasteiger partial charge in [0.05, 0.1) is 13.1 Å². The maximum atomic E-state index is 11.0. The zero-order chi connectivity index (χ0) is 72.8. The van der Waals surface area contributed by atoms with Crippen molar-refractivity contribution >= 4 is 90.5 Å². The minimum absolute atomic E-state index is 0. The Hall–Kier alpha value is 3.10. The van der Waals surface area contributed by atoms with Crippen LogP contribution in [0.1, 0.15) is 150 Å². The molecule has 12 saturated heterocycles. The molecule has 29 heteroatoms. The average Bonchev–Trinajstić information content (AvgIpc) is 1.83. The Morgan fingerprint density at radius 3 is 1.01 bits per heavy atom. The van der Waals surface area contributed by atoms with Crippen molar-refractivity contribution in [1.29, 1.82) is 0 Å². The Morgan fingerprint density at radius 1 is 0.478 bits per heavy atom. The molecule has 4 N–H and O–H groups in total. The van der Waals surface area contributed by atoms with Gasteiger partial charge in [0.1, 0.15) is 5.78 Å². The molecule has 20 nitrogen and oxygen atoms in total. The van der Waals surface area contributed by atoms with E-state index >= 15 is 0 Å². The predicted molar refractivity (Wildman–Crippen MR) is 403 cm³/mol. The number of ketones is 2. The van der Waals surface area contributed by atoms with Crippen molar-refractivity contribution in [3.05, 3.63) is 0 Å². The molecule has 0 aromatic rings. The Morgan fingerprint density at radius 2 is 0.793 bits per heavy atom. The molecule has 0 aliphatic carbocycles. The summed E-state index contributed by atoms with van der Waals surface area (Å²) in [4.78, 5) is 82.1. The third-order valence-corrected chi connectivity index (χ3v) is 19.3. The van der Waals surface area contributed by atoms with Crippen molar-refractivity contribution in [3.8, 4) is 0 Å². The van der Waals surface area contributed by atoms with Crippen molar-refractivity contribution in [2.24, 2.45) is 64.9 Å². The molecule has 0 aromatic carbocycles. The number of carbonyl (C=O) groups is 3. The van der Waals surface area contributed by atoms with Gasteiger partial charge in [-0.05, 0) is 236 Å². The number of carbonyl (C=O) groups excluding carboxylic acids is 7. The van der Waals surface area contributed by atoms with Gasteiger partial charge in [-0.25, -0.2) is 0 Å². The second kappa shape index (κ2) is 60.5. The number of hydrogen-bond donors (Lipinski definition) is 3. The van der Waals surface area contributed by atoms with Gasteiger partial charge in [0.15, 0.2) is 5.78 Å². The van der Waals surface area contributed by atoms with Gasteiger partial charge < -0.3 is 69.7 Å². The Balaban J connectivity index is -0.0000000677. The van der Waals surface area contributed by atoms with Gasteiger partial charge in [0.2, 0.25) is 5.91 Å². The molecule has 12 fully saturated rings. The number of rotatable bonds is 13. The molecule has 11 atom stereocenters. The predicted octanol–water partition coefficient (Wildman–Crippen LogP) is 7.30. The normalized spacial score (nSPS) is 26.2. The molecule has 12 aliphatic heterocycles. The molecule has 12 heterocycles. The number of nitrogens with two attached hydrogens (primary N) is 1. The fourth-order valence-corrected chi connectivity index (χ4v) is 15.2. The molecular weight excluding hydrogens is 1560 g/mol. The maximum Gasteiger partial charge on any atom is 0.219 e. The first-order valence-electron chi connectivity index (χ1n) is 37.1. The largest absolute Gasteiger partial charge is 0.542 e. The fourth-order valence-electron chi connectivity index (χ4n) is 13.0. The van der Waals surface area contributed by atoms with Crippen LogP contribution in [0.4, 0.5) is 0 Å². The van der Waals surface area contributed by atoms with Gasteiger partial charge in [0.25, 0.3) is 0 Å². The van der Waals surface area contributed by atoms with Crippen molar-refractivity contribution in [1.82, 2.24) is 58.7 Å². The summed E-state index contributed by atoms with van der Waals surface area (Å²) in [5.41, 5.74) is 5.58.